The highest BCUT2D eigenvalue weighted by Crippen LogP contribution is 2.29. The van der Waals surface area contributed by atoms with E-state index in [-0.39, 0.29) is 17.4 Å². The topological polar surface area (TPSA) is 55.2 Å². The third kappa shape index (κ3) is 4.73. The molecule has 1 aromatic heterocycles. The Kier molecular flexibility index (Phi) is 7.08. The number of benzene rings is 3. The summed E-state index contributed by atoms with van der Waals surface area (Å²) in [6.45, 7) is 10.4. The predicted molar refractivity (Wildman–Crippen MR) is 143 cm³/mol. The van der Waals surface area contributed by atoms with Crippen LogP contribution in [0.15, 0.2) is 71.5 Å². The van der Waals surface area contributed by atoms with Gasteiger partial charge in [0, 0.05) is 17.1 Å². The fourth-order valence-corrected chi connectivity index (χ4v) is 4.59. The van der Waals surface area contributed by atoms with Crippen molar-refractivity contribution in [1.29, 1.82) is 0 Å². The maximum Gasteiger partial charge on any atom is 0.266 e. The number of aryl methyl sites for hydroxylation is 1. The number of carbonyl (C=O) groups excluding carboxylic acids is 1. The summed E-state index contributed by atoms with van der Waals surface area (Å²) in [5.41, 5.74) is 3.42. The van der Waals surface area contributed by atoms with E-state index < -0.39 is 6.04 Å². The number of halogens is 1. The monoisotopic (exact) mass is 487 g/mol. The molecule has 4 aromatic rings. The van der Waals surface area contributed by atoms with Gasteiger partial charge in [-0.15, -0.1) is 0 Å². The minimum Gasteiger partial charge on any atom is -0.328 e. The number of hydrogen-bond acceptors (Lipinski definition) is 3. The fourth-order valence-electron chi connectivity index (χ4n) is 4.42. The quantitative estimate of drug-likeness (QED) is 0.311. The third-order valence-electron chi connectivity index (χ3n) is 6.32. The van der Waals surface area contributed by atoms with Crippen LogP contribution in [0, 0.1) is 19.8 Å². The standard InChI is InChI=1S/C29H30ClN3O2/c1-18(2)17-32(28(34)22-12-7-6-11-19(22)3)21(5)27-31-25-15-9-8-13-23(25)29(35)33(27)26-16-10-14-24(30)20(26)4/h6-16,18,21H,17H2,1-5H3. The second-order valence-electron chi connectivity index (χ2n) is 9.35. The number of amides is 1. The van der Waals surface area contributed by atoms with Gasteiger partial charge in [0.1, 0.15) is 5.82 Å². The molecule has 0 N–H and O–H groups in total. The van der Waals surface area contributed by atoms with Crippen molar-refractivity contribution in [3.8, 4) is 5.69 Å². The Bertz CT molecular complexity index is 1460. The maximum absolute atomic E-state index is 13.8. The number of fused-ring (bicyclic) bond motifs is 1. The molecule has 0 saturated heterocycles. The molecule has 0 fully saturated rings. The van der Waals surface area contributed by atoms with E-state index in [0.717, 1.165) is 11.1 Å². The maximum atomic E-state index is 13.8. The summed E-state index contributed by atoms with van der Waals surface area (Å²) in [6, 6.07) is 19.9. The fraction of sp³-hybridized carbons (Fsp3) is 0.276. The van der Waals surface area contributed by atoms with E-state index in [1.165, 1.54) is 0 Å². The molecule has 0 saturated carbocycles. The average Bonchev–Trinajstić information content (AvgIpc) is 2.84. The second kappa shape index (κ2) is 10.0. The minimum absolute atomic E-state index is 0.0823. The number of hydrogen-bond donors (Lipinski definition) is 0. The highest BCUT2D eigenvalue weighted by atomic mass is 35.5. The summed E-state index contributed by atoms with van der Waals surface area (Å²) in [4.78, 5) is 34.4. The summed E-state index contributed by atoms with van der Waals surface area (Å²) in [7, 11) is 0. The van der Waals surface area contributed by atoms with Crippen LogP contribution in [-0.4, -0.2) is 26.9 Å². The first-order valence-corrected chi connectivity index (χ1v) is 12.2. The zero-order valence-electron chi connectivity index (χ0n) is 20.7. The Morgan fingerprint density at radius 1 is 0.971 bits per heavy atom. The average molecular weight is 488 g/mol. The lowest BCUT2D eigenvalue weighted by Crippen LogP contribution is -2.39. The highest BCUT2D eigenvalue weighted by Gasteiger charge is 2.29. The molecule has 1 heterocycles. The van der Waals surface area contributed by atoms with E-state index in [2.05, 4.69) is 13.8 Å². The Hall–Kier alpha value is -3.44. The van der Waals surface area contributed by atoms with Gasteiger partial charge in [-0.25, -0.2) is 4.98 Å². The molecule has 0 aliphatic rings. The molecule has 0 bridgehead atoms. The zero-order chi connectivity index (χ0) is 25.3. The summed E-state index contributed by atoms with van der Waals surface area (Å²) >= 11 is 6.45. The molecule has 0 spiro atoms. The highest BCUT2D eigenvalue weighted by molar-refractivity contribution is 6.31. The Balaban J connectivity index is 1.97. The lowest BCUT2D eigenvalue weighted by atomic mass is 10.0. The molecule has 1 unspecified atom stereocenters. The van der Waals surface area contributed by atoms with Crippen LogP contribution < -0.4 is 5.56 Å². The van der Waals surface area contributed by atoms with Gasteiger partial charge in [0.05, 0.1) is 22.6 Å². The van der Waals surface area contributed by atoms with E-state index in [0.29, 0.717) is 39.5 Å². The Morgan fingerprint density at radius 3 is 2.37 bits per heavy atom. The molecule has 4 rings (SSSR count). The van der Waals surface area contributed by atoms with Crippen molar-refractivity contribution in [3.63, 3.8) is 0 Å². The van der Waals surface area contributed by atoms with Crippen LogP contribution in [0.25, 0.3) is 16.6 Å². The van der Waals surface area contributed by atoms with Crippen LogP contribution in [0.2, 0.25) is 5.02 Å². The molecule has 0 aliphatic carbocycles. The lowest BCUT2D eigenvalue weighted by molar-refractivity contribution is 0.0654. The first-order chi connectivity index (χ1) is 16.7. The van der Waals surface area contributed by atoms with Crippen LogP contribution >= 0.6 is 11.6 Å². The summed E-state index contributed by atoms with van der Waals surface area (Å²) in [5, 5.41) is 1.08. The molecule has 3 aromatic carbocycles. The predicted octanol–water partition coefficient (Wildman–Crippen LogP) is 6.52. The van der Waals surface area contributed by atoms with Crippen molar-refractivity contribution in [1.82, 2.24) is 14.5 Å². The largest absolute Gasteiger partial charge is 0.328 e. The smallest absolute Gasteiger partial charge is 0.266 e. The van der Waals surface area contributed by atoms with E-state index in [9.17, 15) is 9.59 Å². The second-order valence-corrected chi connectivity index (χ2v) is 9.76. The summed E-state index contributed by atoms with van der Waals surface area (Å²) < 4.78 is 1.62. The first-order valence-electron chi connectivity index (χ1n) is 11.8. The van der Waals surface area contributed by atoms with Crippen molar-refractivity contribution in [3.05, 3.63) is 105 Å². The third-order valence-corrected chi connectivity index (χ3v) is 6.73. The molecule has 180 valence electrons. The van der Waals surface area contributed by atoms with Crippen LogP contribution in [0.3, 0.4) is 0 Å². The molecule has 0 aliphatic heterocycles. The first kappa shape index (κ1) is 24.7. The van der Waals surface area contributed by atoms with Gasteiger partial charge >= 0.3 is 0 Å². The van der Waals surface area contributed by atoms with E-state index in [1.54, 1.807) is 16.7 Å². The van der Waals surface area contributed by atoms with Crippen molar-refractivity contribution in [2.45, 2.75) is 40.7 Å². The van der Waals surface area contributed by atoms with Gasteiger partial charge in [0.2, 0.25) is 0 Å². The lowest BCUT2D eigenvalue weighted by Gasteiger charge is -2.32. The van der Waals surface area contributed by atoms with Crippen molar-refractivity contribution >= 4 is 28.4 Å². The van der Waals surface area contributed by atoms with E-state index >= 15 is 0 Å². The van der Waals surface area contributed by atoms with Crippen molar-refractivity contribution in [2.75, 3.05) is 6.54 Å². The molecule has 5 nitrogen and oxygen atoms in total. The van der Waals surface area contributed by atoms with Gasteiger partial charge in [0.25, 0.3) is 11.5 Å². The van der Waals surface area contributed by atoms with E-state index in [1.807, 2.05) is 80.3 Å². The Labute approximate surface area is 211 Å². The molecular weight excluding hydrogens is 458 g/mol. The van der Waals surface area contributed by atoms with E-state index in [4.69, 9.17) is 16.6 Å². The van der Waals surface area contributed by atoms with Crippen LogP contribution in [0.4, 0.5) is 0 Å². The SMILES string of the molecule is Cc1ccccc1C(=O)N(CC(C)C)C(C)c1nc2ccccc2c(=O)n1-c1cccc(Cl)c1C. The minimum atomic E-state index is -0.472. The normalized spacial score (nSPS) is 12.2. The van der Waals surface area contributed by atoms with Crippen molar-refractivity contribution < 1.29 is 4.79 Å². The van der Waals surface area contributed by atoms with Gasteiger partial charge in [-0.05, 0) is 68.1 Å². The molecule has 0 radical (unpaired) electrons. The molecule has 35 heavy (non-hydrogen) atoms. The van der Waals surface area contributed by atoms with Gasteiger partial charge in [-0.3, -0.25) is 14.2 Å². The molecular formula is C29H30ClN3O2. The number of para-hydroxylation sites is 1. The summed E-state index contributed by atoms with van der Waals surface area (Å²) in [5.74, 6) is 0.640. The number of nitrogens with zero attached hydrogens (tertiary/aromatic N) is 3. The molecule has 1 amide bonds. The van der Waals surface area contributed by atoms with Crippen molar-refractivity contribution in [2.24, 2.45) is 5.92 Å². The molecule has 1 atom stereocenters. The van der Waals surface area contributed by atoms with Crippen LogP contribution in [0.5, 0.6) is 0 Å². The number of aromatic nitrogens is 2. The molecule has 6 heteroatoms. The van der Waals surface area contributed by atoms with Crippen LogP contribution in [-0.2, 0) is 0 Å². The number of carbonyl (C=O) groups is 1. The Morgan fingerprint density at radius 2 is 1.66 bits per heavy atom. The number of rotatable bonds is 6. The zero-order valence-corrected chi connectivity index (χ0v) is 21.5. The summed E-state index contributed by atoms with van der Waals surface area (Å²) in [6.07, 6.45) is 0. The van der Waals surface area contributed by atoms with Gasteiger partial charge < -0.3 is 4.90 Å². The van der Waals surface area contributed by atoms with Gasteiger partial charge in [-0.1, -0.05) is 61.8 Å². The van der Waals surface area contributed by atoms with Crippen LogP contribution in [0.1, 0.15) is 54.1 Å². The van der Waals surface area contributed by atoms with Gasteiger partial charge in [-0.2, -0.15) is 0 Å². The van der Waals surface area contributed by atoms with Gasteiger partial charge in [0.15, 0.2) is 0 Å².